The normalized spacial score (nSPS) is 23.1. The van der Waals surface area contributed by atoms with Gasteiger partial charge in [0.05, 0.1) is 12.6 Å². The molecule has 71 heavy (non-hydrogen) atoms. The van der Waals surface area contributed by atoms with E-state index in [4.69, 9.17) is 28.7 Å². The number of hydrogen-bond acceptors (Lipinski definition) is 12. The molecule has 1 saturated heterocycles. The number of rotatable bonds is 28. The number of aliphatic hydroxyl groups is 1. The molecule has 6 rings (SSSR count). The van der Waals surface area contributed by atoms with Crippen molar-refractivity contribution >= 4 is 53.1 Å². The molecule has 4 bridgehead atoms. The van der Waals surface area contributed by atoms with E-state index < -0.39 is 72.4 Å². The number of Topliss-reactive ketones (excluding diaryl/α,β-unsaturated/α-hetero) is 1. The number of carbonyl (C=O) groups is 7. The van der Waals surface area contributed by atoms with E-state index in [-0.39, 0.29) is 105 Å². The smallest absolute Gasteiger partial charge is 0.245 e. The first-order valence-electron chi connectivity index (χ1n) is 25.3. The first kappa shape index (κ1) is 55.9. The van der Waals surface area contributed by atoms with Gasteiger partial charge in [-0.3, -0.25) is 43.5 Å². The third-order valence-electron chi connectivity index (χ3n) is 14.3. The van der Waals surface area contributed by atoms with E-state index in [0.29, 0.717) is 49.1 Å². The van der Waals surface area contributed by atoms with E-state index in [1.807, 2.05) is 13.8 Å². The lowest BCUT2D eigenvalue weighted by Gasteiger charge is -2.56. The molecule has 5 fully saturated rings. The number of ketones is 1. The van der Waals surface area contributed by atoms with Crippen LogP contribution in [0.3, 0.4) is 0 Å². The van der Waals surface area contributed by atoms with Gasteiger partial charge in [-0.15, -0.1) is 0 Å². The number of nitrogens with one attached hydrogen (secondary N) is 5. The maximum absolute atomic E-state index is 14.4. The van der Waals surface area contributed by atoms with Crippen molar-refractivity contribution in [2.45, 2.75) is 153 Å². The molecular weight excluding hydrogens is 915 g/mol. The lowest BCUT2D eigenvalue weighted by atomic mass is 9.49. The highest BCUT2D eigenvalue weighted by Crippen LogP contribution is 2.61. The van der Waals surface area contributed by atoms with Crippen molar-refractivity contribution in [2.24, 2.45) is 67.7 Å². The lowest BCUT2D eigenvalue weighted by molar-refractivity contribution is -0.141. The summed E-state index contributed by atoms with van der Waals surface area (Å²) in [6.45, 7) is 3.63. The van der Waals surface area contributed by atoms with Gasteiger partial charge in [-0.1, -0.05) is 26.0 Å². The maximum Gasteiger partial charge on any atom is 0.245 e. The number of amides is 6. The molecule has 17 N–H and O–H groups in total. The molecule has 1 heterocycles. The Hall–Kier alpha value is -6.03. The Kier molecular flexibility index (Phi) is 20.8. The number of phenols is 1. The second kappa shape index (κ2) is 26.4. The third-order valence-corrected chi connectivity index (χ3v) is 14.3. The minimum absolute atomic E-state index is 0.0248. The van der Waals surface area contributed by atoms with Crippen LogP contribution in [0.1, 0.15) is 116 Å². The van der Waals surface area contributed by atoms with E-state index in [1.54, 1.807) is 12.1 Å². The number of benzene rings is 1. The molecule has 22 nitrogen and oxygen atoms in total. The van der Waals surface area contributed by atoms with Crippen LogP contribution in [-0.4, -0.2) is 137 Å². The summed E-state index contributed by atoms with van der Waals surface area (Å²) in [7, 11) is 0. The summed E-state index contributed by atoms with van der Waals surface area (Å²) in [4.78, 5) is 107. The van der Waals surface area contributed by atoms with Gasteiger partial charge in [-0.05, 0) is 137 Å². The first-order chi connectivity index (χ1) is 33.8. The fraction of sp³-hybridized carbons (Fsp3) is 0.694. The Balaban J connectivity index is 1.34. The molecule has 6 amide bonds. The van der Waals surface area contributed by atoms with Gasteiger partial charge in [0, 0.05) is 38.9 Å². The van der Waals surface area contributed by atoms with Gasteiger partial charge >= 0.3 is 0 Å². The van der Waals surface area contributed by atoms with Crippen molar-refractivity contribution in [2.75, 3.05) is 32.8 Å². The van der Waals surface area contributed by atoms with Crippen LogP contribution in [0.2, 0.25) is 0 Å². The van der Waals surface area contributed by atoms with E-state index >= 15 is 0 Å². The third kappa shape index (κ3) is 16.8. The monoisotopic (exact) mass is 994 g/mol. The molecule has 1 aromatic carbocycles. The number of aliphatic imine (C=N–C) groups is 2. The van der Waals surface area contributed by atoms with E-state index in [0.717, 1.165) is 19.3 Å². The molecule has 0 radical (unpaired) electrons. The zero-order valence-corrected chi connectivity index (χ0v) is 41.4. The van der Waals surface area contributed by atoms with Crippen LogP contribution in [-0.2, 0) is 40.0 Å². The fourth-order valence-corrected chi connectivity index (χ4v) is 11.6. The SMILES string of the molecule is CC(C)C[C@H](NC(=O)[C@@H](CCCN=C(N)N)NC(=O)[C@H](Cc1ccc(O)cc1)NC(=O)[C@H](CO)NC(=O)CC12CC3CC(CC(C3)C1)C2)C(=O)N[C@@H](CCCN=C(N)N)C(=O)N1CCC[C@H]1C(=O)CCN. The second-order valence-corrected chi connectivity index (χ2v) is 20.7. The molecule has 4 saturated carbocycles. The minimum Gasteiger partial charge on any atom is -0.508 e. The van der Waals surface area contributed by atoms with Crippen molar-refractivity contribution < 1.29 is 43.8 Å². The Morgan fingerprint density at radius 3 is 1.77 bits per heavy atom. The summed E-state index contributed by atoms with van der Waals surface area (Å²) >= 11 is 0. The number of hydrogen-bond donors (Lipinski definition) is 12. The van der Waals surface area contributed by atoms with Crippen LogP contribution < -0.4 is 55.3 Å². The number of phenolic OH excluding ortho intramolecular Hbond substituents is 1. The van der Waals surface area contributed by atoms with Crippen LogP contribution in [0.25, 0.3) is 0 Å². The second-order valence-electron chi connectivity index (χ2n) is 20.7. The molecule has 1 aromatic rings. The summed E-state index contributed by atoms with van der Waals surface area (Å²) < 4.78 is 0. The first-order valence-corrected chi connectivity index (χ1v) is 25.3. The van der Waals surface area contributed by atoms with Crippen LogP contribution >= 0.6 is 0 Å². The number of guanidine groups is 2. The number of aliphatic hydroxyl groups excluding tert-OH is 1. The molecule has 1 aliphatic heterocycles. The highest BCUT2D eigenvalue weighted by Gasteiger charge is 2.51. The molecule has 4 aliphatic carbocycles. The van der Waals surface area contributed by atoms with Gasteiger partial charge in [0.15, 0.2) is 17.7 Å². The van der Waals surface area contributed by atoms with E-state index in [2.05, 4.69) is 36.6 Å². The highest BCUT2D eigenvalue weighted by molar-refractivity contribution is 5.97. The van der Waals surface area contributed by atoms with E-state index in [9.17, 15) is 43.8 Å². The van der Waals surface area contributed by atoms with Crippen molar-refractivity contribution in [3.05, 3.63) is 29.8 Å². The Morgan fingerprint density at radius 1 is 0.718 bits per heavy atom. The average Bonchev–Trinajstić information content (AvgIpc) is 3.80. The van der Waals surface area contributed by atoms with Gasteiger partial charge in [0.1, 0.15) is 36.0 Å². The summed E-state index contributed by atoms with van der Waals surface area (Å²) in [5.41, 5.74) is 28.2. The molecule has 394 valence electrons. The molecule has 0 aromatic heterocycles. The summed E-state index contributed by atoms with van der Waals surface area (Å²) in [6.07, 6.45) is 8.49. The molecule has 6 atom stereocenters. The Labute approximate surface area is 416 Å². The fourth-order valence-electron chi connectivity index (χ4n) is 11.6. The van der Waals surface area contributed by atoms with Crippen LogP contribution in [0, 0.1) is 29.1 Å². The molecule has 22 heteroatoms. The van der Waals surface area contributed by atoms with Crippen molar-refractivity contribution in [1.29, 1.82) is 0 Å². The average molecular weight is 994 g/mol. The van der Waals surface area contributed by atoms with Gasteiger partial charge in [0.25, 0.3) is 0 Å². The Bertz CT molecular complexity index is 2040. The van der Waals surface area contributed by atoms with Crippen LogP contribution in [0.15, 0.2) is 34.3 Å². The largest absolute Gasteiger partial charge is 0.508 e. The number of nitrogens with two attached hydrogens (primary N) is 5. The maximum atomic E-state index is 14.4. The van der Waals surface area contributed by atoms with Gasteiger partial charge in [-0.2, -0.15) is 0 Å². The van der Waals surface area contributed by atoms with Crippen LogP contribution in [0.4, 0.5) is 0 Å². The number of likely N-dealkylation sites (tertiary alicyclic amines) is 1. The lowest BCUT2D eigenvalue weighted by Crippen LogP contribution is -2.60. The minimum atomic E-state index is -1.38. The van der Waals surface area contributed by atoms with E-state index in [1.165, 1.54) is 36.3 Å². The molecule has 0 unspecified atom stereocenters. The van der Waals surface area contributed by atoms with Gasteiger partial charge in [-0.25, -0.2) is 0 Å². The quantitative estimate of drug-likeness (QED) is 0.0273. The van der Waals surface area contributed by atoms with Crippen molar-refractivity contribution in [3.8, 4) is 5.75 Å². The summed E-state index contributed by atoms with van der Waals surface area (Å²) in [5.74, 6) is -2.73. The van der Waals surface area contributed by atoms with Crippen molar-refractivity contribution in [1.82, 2.24) is 31.5 Å². The highest BCUT2D eigenvalue weighted by atomic mass is 16.3. The molecule has 5 aliphatic rings. The summed E-state index contributed by atoms with van der Waals surface area (Å²) in [5, 5.41) is 34.1. The predicted molar refractivity (Wildman–Crippen MR) is 266 cm³/mol. The number of aromatic hydroxyl groups is 1. The molecular formula is C49H79N13O9. The zero-order valence-electron chi connectivity index (χ0n) is 41.4. The van der Waals surface area contributed by atoms with Gasteiger partial charge < -0.3 is 70.4 Å². The zero-order chi connectivity index (χ0) is 51.8. The topological polar surface area (TPSA) is 378 Å². The standard InChI is InChI=1S/C49H79N13O9/c1-28(2)18-36(43(68)59-35(7-4-16-56-48(53)54)46(71)62-17-5-8-39(62)40(65)13-14-50)60-42(67)34(6-3-15-55-47(51)52)58-44(69)37(22-29-9-11-33(64)12-10-29)61-45(70)38(27-63)57-41(66)26-49-23-30-19-31(24-49)21-32(20-30)25-49/h9-12,28,30-32,34-39,63-64H,3-8,13-27,50H2,1-2H3,(H,57,66)(H,58,69)(H,59,68)(H,60,67)(H,61,70)(H4,51,52,55)(H4,53,54,56)/t30?,31?,32?,34-,35+,36+,37+,38+,39+,49?/m1/s1. The summed E-state index contributed by atoms with van der Waals surface area (Å²) in [6, 6.07) is -1.11. The molecule has 0 spiro atoms. The Morgan fingerprint density at radius 2 is 1.23 bits per heavy atom. The number of carbonyl (C=O) groups excluding carboxylic acids is 7. The predicted octanol–water partition coefficient (Wildman–Crippen LogP) is -0.980. The van der Waals surface area contributed by atoms with Crippen molar-refractivity contribution in [3.63, 3.8) is 0 Å². The van der Waals surface area contributed by atoms with Crippen LogP contribution in [0.5, 0.6) is 5.75 Å². The number of nitrogens with zero attached hydrogens (tertiary/aromatic N) is 3. The van der Waals surface area contributed by atoms with Gasteiger partial charge in [0.2, 0.25) is 35.4 Å².